The van der Waals surface area contributed by atoms with E-state index in [0.29, 0.717) is 0 Å². The van der Waals surface area contributed by atoms with Gasteiger partial charge in [-0.3, -0.25) is 4.79 Å². The molecule has 4 heteroatoms. The van der Waals surface area contributed by atoms with Crippen molar-refractivity contribution in [2.75, 3.05) is 0 Å². The molecule has 0 bridgehead atoms. The van der Waals surface area contributed by atoms with Crippen LogP contribution in [0.25, 0.3) is 6.08 Å². The van der Waals surface area contributed by atoms with Gasteiger partial charge in [0.1, 0.15) is 0 Å². The zero-order valence-electron chi connectivity index (χ0n) is 11.4. The topological polar surface area (TPSA) is 29.1 Å². The van der Waals surface area contributed by atoms with Crippen molar-refractivity contribution in [2.24, 2.45) is 0 Å². The van der Waals surface area contributed by atoms with E-state index in [9.17, 15) is 4.79 Å². The number of hydrogen-bond acceptors (Lipinski definition) is 2. The summed E-state index contributed by atoms with van der Waals surface area (Å²) in [6.07, 6.45) is 3.45. The van der Waals surface area contributed by atoms with E-state index in [0.717, 1.165) is 14.9 Å². The number of benzene rings is 1. The summed E-state index contributed by atoms with van der Waals surface area (Å²) in [7, 11) is 0. The van der Waals surface area contributed by atoms with Crippen LogP contribution < -0.4 is 5.32 Å². The maximum Gasteiger partial charge on any atom is 0.244 e. The molecule has 1 aromatic heterocycles. The Kier molecular flexibility index (Phi) is 5.15. The highest BCUT2D eigenvalue weighted by molar-refractivity contribution is 9.10. The molecule has 0 fully saturated rings. The summed E-state index contributed by atoms with van der Waals surface area (Å²) in [4.78, 5) is 13.1. The monoisotopic (exact) mass is 349 g/mol. The van der Waals surface area contributed by atoms with Crippen LogP contribution in [0.15, 0.2) is 46.3 Å². The Morgan fingerprint density at radius 2 is 2.10 bits per heavy atom. The number of halogens is 1. The van der Waals surface area contributed by atoms with Crippen LogP contribution in [0, 0.1) is 6.92 Å². The van der Waals surface area contributed by atoms with Gasteiger partial charge >= 0.3 is 0 Å². The number of amides is 1. The quantitative estimate of drug-likeness (QED) is 0.795. The minimum atomic E-state index is -0.0824. The number of thiophene rings is 1. The second kappa shape index (κ2) is 6.86. The van der Waals surface area contributed by atoms with Crippen molar-refractivity contribution in [3.8, 4) is 0 Å². The molecule has 1 amide bonds. The fourth-order valence-corrected chi connectivity index (χ4v) is 3.32. The maximum atomic E-state index is 11.9. The molecule has 0 unspecified atom stereocenters. The van der Waals surface area contributed by atoms with Gasteiger partial charge in [0.15, 0.2) is 0 Å². The van der Waals surface area contributed by atoms with Crippen LogP contribution in [0.3, 0.4) is 0 Å². The van der Waals surface area contributed by atoms with Crippen LogP contribution in [0.1, 0.15) is 29.0 Å². The Hall–Kier alpha value is -1.39. The van der Waals surface area contributed by atoms with E-state index >= 15 is 0 Å². The first-order valence-corrected chi connectivity index (χ1v) is 8.02. The Bertz CT molecular complexity index is 633. The summed E-state index contributed by atoms with van der Waals surface area (Å²) < 4.78 is 1.01. The third-order valence-corrected chi connectivity index (χ3v) is 4.72. The molecule has 1 aromatic carbocycles. The second-order valence-electron chi connectivity index (χ2n) is 4.55. The average molecular weight is 350 g/mol. The second-order valence-corrected chi connectivity index (χ2v) is 6.36. The lowest BCUT2D eigenvalue weighted by Crippen LogP contribution is -2.24. The van der Waals surface area contributed by atoms with E-state index in [4.69, 9.17) is 0 Å². The lowest BCUT2D eigenvalue weighted by Gasteiger charge is -2.14. The smallest absolute Gasteiger partial charge is 0.244 e. The van der Waals surface area contributed by atoms with Gasteiger partial charge in [0.25, 0.3) is 0 Å². The first kappa shape index (κ1) is 15.0. The van der Waals surface area contributed by atoms with Crippen LogP contribution in [0.2, 0.25) is 0 Å². The zero-order valence-corrected chi connectivity index (χ0v) is 13.8. The van der Waals surface area contributed by atoms with Crippen molar-refractivity contribution in [3.63, 3.8) is 0 Å². The molecule has 104 valence electrons. The fourth-order valence-electron chi connectivity index (χ4n) is 1.87. The fraction of sp³-hybridized carbons (Fsp3) is 0.188. The van der Waals surface area contributed by atoms with E-state index in [1.807, 2.05) is 55.6 Å². The summed E-state index contributed by atoms with van der Waals surface area (Å²) in [5, 5.41) is 4.99. The van der Waals surface area contributed by atoms with Gasteiger partial charge in [-0.2, -0.15) is 0 Å². The Morgan fingerprint density at radius 1 is 1.35 bits per heavy atom. The van der Waals surface area contributed by atoms with Crippen molar-refractivity contribution >= 4 is 39.2 Å². The predicted octanol–water partition coefficient (Wildman–Crippen LogP) is 4.71. The molecule has 0 aliphatic carbocycles. The molecule has 2 nitrogen and oxygen atoms in total. The van der Waals surface area contributed by atoms with Gasteiger partial charge in [-0.25, -0.2) is 0 Å². The number of aryl methyl sites for hydroxylation is 1. The highest BCUT2D eigenvalue weighted by atomic mass is 79.9. The van der Waals surface area contributed by atoms with Crippen LogP contribution >= 0.6 is 27.3 Å². The van der Waals surface area contributed by atoms with E-state index in [-0.39, 0.29) is 11.9 Å². The van der Waals surface area contributed by atoms with E-state index in [1.165, 1.54) is 5.56 Å². The van der Waals surface area contributed by atoms with Crippen LogP contribution in [0.5, 0.6) is 0 Å². The summed E-state index contributed by atoms with van der Waals surface area (Å²) in [6.45, 7) is 4.01. The predicted molar refractivity (Wildman–Crippen MR) is 88.8 cm³/mol. The minimum absolute atomic E-state index is 0.0350. The molecular formula is C16H16BrNOS. The summed E-state index contributed by atoms with van der Waals surface area (Å²) >= 11 is 5.13. The lowest BCUT2D eigenvalue weighted by molar-refractivity contribution is -0.117. The normalized spacial score (nSPS) is 12.6. The molecule has 0 aliphatic rings. The standard InChI is InChI=1S/C16H16BrNOS/c1-11-9-10-20-15(11)7-8-16(19)18-12(2)13-5-3-4-6-14(13)17/h3-10,12H,1-2H3,(H,18,19)/b8-7+/t12-/m1/s1. The maximum absolute atomic E-state index is 11.9. The van der Waals surface area contributed by atoms with Crippen LogP contribution in [0.4, 0.5) is 0 Å². The van der Waals surface area contributed by atoms with Crippen LogP contribution in [-0.4, -0.2) is 5.91 Å². The number of rotatable bonds is 4. The first-order chi connectivity index (χ1) is 9.58. The molecule has 0 saturated heterocycles. The molecule has 0 saturated carbocycles. The van der Waals surface area contributed by atoms with Crippen molar-refractivity contribution in [1.82, 2.24) is 5.32 Å². The molecule has 0 spiro atoms. The third-order valence-electron chi connectivity index (χ3n) is 3.02. The molecular weight excluding hydrogens is 334 g/mol. The highest BCUT2D eigenvalue weighted by Crippen LogP contribution is 2.22. The van der Waals surface area contributed by atoms with Crippen LogP contribution in [-0.2, 0) is 4.79 Å². The molecule has 1 atom stereocenters. The van der Waals surface area contributed by atoms with Gasteiger partial charge in [0, 0.05) is 15.4 Å². The van der Waals surface area contributed by atoms with Gasteiger partial charge in [0.2, 0.25) is 5.91 Å². The van der Waals surface area contributed by atoms with Gasteiger partial charge in [0.05, 0.1) is 6.04 Å². The van der Waals surface area contributed by atoms with Gasteiger partial charge in [-0.1, -0.05) is 34.1 Å². The molecule has 20 heavy (non-hydrogen) atoms. The average Bonchev–Trinajstić information content (AvgIpc) is 2.82. The Morgan fingerprint density at radius 3 is 2.75 bits per heavy atom. The zero-order chi connectivity index (χ0) is 14.5. The van der Waals surface area contributed by atoms with Crippen molar-refractivity contribution in [3.05, 3.63) is 62.3 Å². The highest BCUT2D eigenvalue weighted by Gasteiger charge is 2.10. The minimum Gasteiger partial charge on any atom is -0.346 e. The largest absolute Gasteiger partial charge is 0.346 e. The summed E-state index contributed by atoms with van der Waals surface area (Å²) in [5.41, 5.74) is 2.26. The molecule has 2 aromatic rings. The molecule has 0 radical (unpaired) electrons. The molecule has 0 aliphatic heterocycles. The van der Waals surface area contributed by atoms with E-state index < -0.39 is 0 Å². The van der Waals surface area contributed by atoms with Crippen molar-refractivity contribution in [2.45, 2.75) is 19.9 Å². The van der Waals surface area contributed by atoms with Crippen molar-refractivity contribution < 1.29 is 4.79 Å². The van der Waals surface area contributed by atoms with E-state index in [1.54, 1.807) is 17.4 Å². The molecule has 1 heterocycles. The third kappa shape index (κ3) is 3.81. The summed E-state index contributed by atoms with van der Waals surface area (Å²) in [5.74, 6) is -0.0824. The number of carbonyl (C=O) groups excluding carboxylic acids is 1. The lowest BCUT2D eigenvalue weighted by atomic mass is 10.1. The number of nitrogens with one attached hydrogen (secondary N) is 1. The Balaban J connectivity index is 2.00. The van der Waals surface area contributed by atoms with E-state index in [2.05, 4.69) is 21.2 Å². The Labute approximate surface area is 131 Å². The molecule has 1 N–H and O–H groups in total. The SMILES string of the molecule is Cc1ccsc1/C=C/C(=O)N[C@H](C)c1ccccc1Br. The van der Waals surface area contributed by atoms with Gasteiger partial charge in [-0.05, 0) is 48.6 Å². The van der Waals surface area contributed by atoms with Crippen molar-refractivity contribution in [1.29, 1.82) is 0 Å². The number of carbonyl (C=O) groups is 1. The summed E-state index contributed by atoms with van der Waals surface area (Å²) in [6, 6.07) is 9.92. The number of hydrogen-bond donors (Lipinski definition) is 1. The first-order valence-electron chi connectivity index (χ1n) is 6.35. The molecule has 2 rings (SSSR count). The van der Waals surface area contributed by atoms with Gasteiger partial charge < -0.3 is 5.32 Å². The van der Waals surface area contributed by atoms with Gasteiger partial charge in [-0.15, -0.1) is 11.3 Å².